The summed E-state index contributed by atoms with van der Waals surface area (Å²) >= 11 is 6.34. The molecule has 1 aromatic heterocycles. The molecule has 0 radical (unpaired) electrons. The van der Waals surface area contributed by atoms with Crippen LogP contribution in [0.4, 0.5) is 5.69 Å². The van der Waals surface area contributed by atoms with Crippen LogP contribution < -0.4 is 14.8 Å². The summed E-state index contributed by atoms with van der Waals surface area (Å²) in [5.74, 6) is 0.562. The molecule has 3 aromatic rings. The second-order valence-corrected chi connectivity index (χ2v) is 6.99. The van der Waals surface area contributed by atoms with Crippen LogP contribution in [0.2, 0.25) is 5.02 Å². The van der Waals surface area contributed by atoms with Gasteiger partial charge in [0.1, 0.15) is 0 Å². The third kappa shape index (κ3) is 4.38. The van der Waals surface area contributed by atoms with Crippen LogP contribution in [0.15, 0.2) is 42.5 Å². The van der Waals surface area contributed by atoms with E-state index < -0.39 is 0 Å². The van der Waals surface area contributed by atoms with Crippen molar-refractivity contribution in [2.45, 2.75) is 27.2 Å². The minimum atomic E-state index is -0.300. The molecule has 1 amide bonds. The number of methoxy groups -OCH3 is 1. The maximum Gasteiger partial charge on any atom is 0.255 e. The highest BCUT2D eigenvalue weighted by Gasteiger charge is 2.19. The fraction of sp³-hybridized carbons (Fsp3) is 0.273. The molecule has 1 N–H and O–H groups in total. The summed E-state index contributed by atoms with van der Waals surface area (Å²) in [4.78, 5) is 12.9. The summed E-state index contributed by atoms with van der Waals surface area (Å²) in [7, 11) is 1.52. The van der Waals surface area contributed by atoms with E-state index in [1.807, 2.05) is 51.1 Å². The zero-order valence-corrected chi connectivity index (χ0v) is 17.7. The molecule has 6 nitrogen and oxygen atoms in total. The lowest BCUT2D eigenvalue weighted by Gasteiger charge is -2.14. The molecule has 0 saturated carbocycles. The smallest absolute Gasteiger partial charge is 0.255 e. The molecule has 0 atom stereocenters. The van der Waals surface area contributed by atoms with Crippen molar-refractivity contribution in [2.24, 2.45) is 0 Å². The molecule has 0 bridgehead atoms. The molecular formula is C22H24ClN3O3. The number of halogens is 1. The third-order valence-electron chi connectivity index (χ3n) is 4.47. The summed E-state index contributed by atoms with van der Waals surface area (Å²) in [6.45, 7) is 6.29. The van der Waals surface area contributed by atoms with Crippen molar-refractivity contribution in [3.8, 4) is 17.2 Å². The first-order valence-corrected chi connectivity index (χ1v) is 9.77. The molecule has 1 heterocycles. The minimum absolute atomic E-state index is 0.300. The highest BCUT2D eigenvalue weighted by molar-refractivity contribution is 6.32. The van der Waals surface area contributed by atoms with Crippen LogP contribution >= 0.6 is 11.6 Å². The largest absolute Gasteiger partial charge is 0.493 e. The quantitative estimate of drug-likeness (QED) is 0.578. The third-order valence-corrected chi connectivity index (χ3v) is 4.75. The van der Waals surface area contributed by atoms with Gasteiger partial charge >= 0.3 is 0 Å². The van der Waals surface area contributed by atoms with Gasteiger partial charge in [0.15, 0.2) is 11.5 Å². The lowest BCUT2D eigenvalue weighted by atomic mass is 10.1. The number of hydrogen-bond acceptors (Lipinski definition) is 4. The number of para-hydroxylation sites is 1. The Morgan fingerprint density at radius 1 is 1.21 bits per heavy atom. The van der Waals surface area contributed by atoms with E-state index in [0.717, 1.165) is 23.5 Å². The van der Waals surface area contributed by atoms with Crippen LogP contribution in [0.1, 0.15) is 35.1 Å². The van der Waals surface area contributed by atoms with E-state index in [1.165, 1.54) is 7.11 Å². The first kappa shape index (κ1) is 20.7. The number of aryl methyl sites for hydroxylation is 1. The van der Waals surface area contributed by atoms with Crippen molar-refractivity contribution >= 4 is 23.2 Å². The maximum atomic E-state index is 12.9. The van der Waals surface area contributed by atoms with E-state index in [1.54, 1.807) is 16.8 Å². The van der Waals surface area contributed by atoms with Gasteiger partial charge in [0.25, 0.3) is 5.91 Å². The molecular weight excluding hydrogens is 390 g/mol. The molecule has 0 aliphatic heterocycles. The lowest BCUT2D eigenvalue weighted by molar-refractivity contribution is 0.102. The molecule has 0 unspecified atom stereocenters. The van der Waals surface area contributed by atoms with Crippen LogP contribution in [-0.2, 0) is 0 Å². The summed E-state index contributed by atoms with van der Waals surface area (Å²) in [5.41, 5.74) is 3.53. The Morgan fingerprint density at radius 3 is 2.59 bits per heavy atom. The van der Waals surface area contributed by atoms with Crippen LogP contribution in [0.5, 0.6) is 11.5 Å². The van der Waals surface area contributed by atoms with Crippen LogP contribution in [0.25, 0.3) is 5.69 Å². The number of carbonyl (C=O) groups is 1. The Kier molecular flexibility index (Phi) is 6.44. The van der Waals surface area contributed by atoms with Gasteiger partial charge in [0, 0.05) is 5.56 Å². The summed E-state index contributed by atoms with van der Waals surface area (Å²) < 4.78 is 12.8. The van der Waals surface area contributed by atoms with E-state index in [9.17, 15) is 4.79 Å². The summed E-state index contributed by atoms with van der Waals surface area (Å²) in [6.07, 6.45) is 0.839. The number of nitrogens with one attached hydrogen (secondary N) is 1. The van der Waals surface area contributed by atoms with Gasteiger partial charge < -0.3 is 14.8 Å². The van der Waals surface area contributed by atoms with Crippen molar-refractivity contribution in [3.63, 3.8) is 0 Å². The Hall–Kier alpha value is -2.99. The zero-order valence-electron chi connectivity index (χ0n) is 17.0. The average molecular weight is 414 g/mol. The molecule has 0 aliphatic rings. The van der Waals surface area contributed by atoms with Crippen molar-refractivity contribution in [3.05, 3.63) is 64.4 Å². The van der Waals surface area contributed by atoms with Crippen molar-refractivity contribution in [2.75, 3.05) is 19.0 Å². The predicted octanol–water partition coefficient (Wildman–Crippen LogP) is 5.19. The zero-order chi connectivity index (χ0) is 21.0. The number of ether oxygens (including phenoxy) is 2. The van der Waals surface area contributed by atoms with Crippen LogP contribution in [0, 0.1) is 13.8 Å². The molecule has 0 fully saturated rings. The molecule has 3 rings (SSSR count). The van der Waals surface area contributed by atoms with E-state index in [2.05, 4.69) is 10.4 Å². The van der Waals surface area contributed by atoms with Gasteiger partial charge in [-0.05, 0) is 44.5 Å². The Bertz CT molecular complexity index is 1020. The molecule has 0 spiro atoms. The molecule has 7 heteroatoms. The molecule has 0 aliphatic carbocycles. The molecule has 0 saturated heterocycles. The Labute approximate surface area is 175 Å². The van der Waals surface area contributed by atoms with E-state index in [4.69, 9.17) is 21.1 Å². The number of amides is 1. The van der Waals surface area contributed by atoms with Gasteiger partial charge in [0.2, 0.25) is 0 Å². The highest BCUT2D eigenvalue weighted by atomic mass is 35.5. The van der Waals surface area contributed by atoms with Gasteiger partial charge in [-0.3, -0.25) is 4.79 Å². The fourth-order valence-corrected chi connectivity index (χ4v) is 3.29. The standard InChI is InChI=1S/C22H24ClN3O3/c1-5-11-29-21-18(23)12-16(13-19(21)28-4)22(27)24-20-14(2)25-26(15(20)3)17-9-7-6-8-10-17/h6-10,12-13H,5,11H2,1-4H3,(H,24,27). The second kappa shape index (κ2) is 9.01. The first-order valence-electron chi connectivity index (χ1n) is 9.39. The number of benzene rings is 2. The lowest BCUT2D eigenvalue weighted by Crippen LogP contribution is -2.14. The number of nitrogens with zero attached hydrogens (tertiary/aromatic N) is 2. The minimum Gasteiger partial charge on any atom is -0.493 e. The molecule has 2 aromatic carbocycles. The second-order valence-electron chi connectivity index (χ2n) is 6.59. The van der Waals surface area contributed by atoms with Crippen molar-refractivity contribution in [1.82, 2.24) is 9.78 Å². The van der Waals surface area contributed by atoms with Gasteiger partial charge in [-0.1, -0.05) is 36.7 Å². The number of rotatable bonds is 7. The van der Waals surface area contributed by atoms with E-state index in [-0.39, 0.29) is 5.91 Å². The number of aromatic nitrogens is 2. The normalized spacial score (nSPS) is 10.7. The maximum absolute atomic E-state index is 12.9. The Morgan fingerprint density at radius 2 is 1.93 bits per heavy atom. The van der Waals surface area contributed by atoms with Gasteiger partial charge in [-0.2, -0.15) is 5.10 Å². The molecule has 152 valence electrons. The van der Waals surface area contributed by atoms with Gasteiger partial charge in [-0.25, -0.2) is 4.68 Å². The monoisotopic (exact) mass is 413 g/mol. The SMILES string of the molecule is CCCOc1c(Cl)cc(C(=O)Nc2c(C)nn(-c3ccccc3)c2C)cc1OC. The summed E-state index contributed by atoms with van der Waals surface area (Å²) in [6, 6.07) is 13.0. The van der Waals surface area contributed by atoms with Crippen molar-refractivity contribution < 1.29 is 14.3 Å². The van der Waals surface area contributed by atoms with Gasteiger partial charge in [-0.15, -0.1) is 0 Å². The van der Waals surface area contributed by atoms with Crippen molar-refractivity contribution in [1.29, 1.82) is 0 Å². The van der Waals surface area contributed by atoms with E-state index in [0.29, 0.717) is 34.4 Å². The number of carbonyl (C=O) groups excluding carboxylic acids is 1. The fourth-order valence-electron chi connectivity index (χ4n) is 3.03. The first-order chi connectivity index (χ1) is 14.0. The molecule has 29 heavy (non-hydrogen) atoms. The Balaban J connectivity index is 1.89. The van der Waals surface area contributed by atoms with Gasteiger partial charge in [0.05, 0.1) is 41.5 Å². The number of anilines is 1. The van der Waals surface area contributed by atoms with Crippen LogP contribution in [-0.4, -0.2) is 29.4 Å². The predicted molar refractivity (Wildman–Crippen MR) is 115 cm³/mol. The highest BCUT2D eigenvalue weighted by Crippen LogP contribution is 2.37. The van der Waals surface area contributed by atoms with Crippen LogP contribution in [0.3, 0.4) is 0 Å². The topological polar surface area (TPSA) is 65.4 Å². The van der Waals surface area contributed by atoms with E-state index >= 15 is 0 Å². The average Bonchev–Trinajstić information content (AvgIpc) is 3.01. The summed E-state index contributed by atoms with van der Waals surface area (Å²) in [5, 5.41) is 7.84. The number of hydrogen-bond donors (Lipinski definition) is 1.